The molecule has 0 amide bonds. The van der Waals surface area contributed by atoms with Gasteiger partial charge in [-0.2, -0.15) is 10.2 Å². The van der Waals surface area contributed by atoms with Gasteiger partial charge >= 0.3 is 0 Å². The first-order chi connectivity index (χ1) is 11.5. The maximum Gasteiger partial charge on any atom is 0.167 e. The molecule has 1 aliphatic rings. The van der Waals surface area contributed by atoms with Gasteiger partial charge in [0.25, 0.3) is 0 Å². The van der Waals surface area contributed by atoms with Gasteiger partial charge in [-0.05, 0) is 40.2 Å². The van der Waals surface area contributed by atoms with Crippen LogP contribution in [0, 0.1) is 0 Å². The van der Waals surface area contributed by atoms with Gasteiger partial charge in [0, 0.05) is 7.11 Å². The number of H-pyrrole nitrogens is 1. The Morgan fingerprint density at radius 2 is 2.17 bits per heavy atom. The van der Waals surface area contributed by atoms with Gasteiger partial charge in [0.15, 0.2) is 11.6 Å². The van der Waals surface area contributed by atoms with Crippen LogP contribution in [-0.2, 0) is 23.4 Å². The van der Waals surface area contributed by atoms with Gasteiger partial charge in [0.2, 0.25) is 0 Å². The van der Waals surface area contributed by atoms with E-state index in [-0.39, 0.29) is 11.6 Å². The Bertz CT molecular complexity index is 657. The third kappa shape index (κ3) is 3.64. The molecule has 3 rings (SSSR count). The van der Waals surface area contributed by atoms with Gasteiger partial charge in [0.05, 0.1) is 18.1 Å². The summed E-state index contributed by atoms with van der Waals surface area (Å²) in [5, 5.41) is 11.8. The van der Waals surface area contributed by atoms with Crippen molar-refractivity contribution in [2.24, 2.45) is 0 Å². The Morgan fingerprint density at radius 3 is 2.92 bits per heavy atom. The fourth-order valence-corrected chi connectivity index (χ4v) is 3.25. The smallest absolute Gasteiger partial charge is 0.167 e. The molecule has 2 aromatic rings. The van der Waals surface area contributed by atoms with Crippen molar-refractivity contribution in [1.82, 2.24) is 34.8 Å². The molecule has 0 aliphatic carbocycles. The standard InChI is InChI=1S/C16H27N7O/c1-16(2,3)23-14(17-11-18-23)9-22-8-6-5-7-12(22)15-19-13(10-24-4)20-21-15/h11-12H,5-10H2,1-4H3,(H,19,20,21)/t12-/m0/s1. The normalized spacial score (nSPS) is 19.8. The molecule has 0 aromatic carbocycles. The minimum atomic E-state index is -0.0761. The topological polar surface area (TPSA) is 84.8 Å². The van der Waals surface area contributed by atoms with E-state index in [9.17, 15) is 0 Å². The SMILES string of the molecule is COCc1nc([C@@H]2CCCCN2Cc2ncnn2C(C)(C)C)n[nH]1. The molecule has 8 nitrogen and oxygen atoms in total. The number of ether oxygens (including phenoxy) is 1. The number of methoxy groups -OCH3 is 1. The summed E-state index contributed by atoms with van der Waals surface area (Å²) in [6.07, 6.45) is 5.09. The van der Waals surface area contributed by atoms with Crippen molar-refractivity contribution in [3.63, 3.8) is 0 Å². The fourth-order valence-electron chi connectivity index (χ4n) is 3.25. The molecular weight excluding hydrogens is 306 g/mol. The highest BCUT2D eigenvalue weighted by atomic mass is 16.5. The molecule has 1 fully saturated rings. The van der Waals surface area contributed by atoms with Crippen molar-refractivity contribution in [3.8, 4) is 0 Å². The van der Waals surface area contributed by atoms with Crippen LogP contribution in [0.25, 0.3) is 0 Å². The number of nitrogens with zero attached hydrogens (tertiary/aromatic N) is 6. The third-order valence-electron chi connectivity index (χ3n) is 4.34. The van der Waals surface area contributed by atoms with Gasteiger partial charge < -0.3 is 4.74 Å². The Balaban J connectivity index is 1.79. The Kier molecular flexibility index (Phi) is 4.96. The number of nitrogens with one attached hydrogen (secondary N) is 1. The fraction of sp³-hybridized carbons (Fsp3) is 0.750. The molecule has 3 heterocycles. The molecule has 1 atom stereocenters. The highest BCUT2D eigenvalue weighted by Gasteiger charge is 2.29. The average Bonchev–Trinajstić information content (AvgIpc) is 3.17. The van der Waals surface area contributed by atoms with E-state index in [1.54, 1.807) is 13.4 Å². The number of piperidine rings is 1. The van der Waals surface area contributed by atoms with Crippen LogP contribution in [0.4, 0.5) is 0 Å². The van der Waals surface area contributed by atoms with Crippen LogP contribution in [-0.4, -0.2) is 48.5 Å². The molecule has 1 aliphatic heterocycles. The van der Waals surface area contributed by atoms with Crippen molar-refractivity contribution in [2.75, 3.05) is 13.7 Å². The second-order valence-corrected chi connectivity index (χ2v) is 7.31. The number of hydrogen-bond donors (Lipinski definition) is 1. The Hall–Kier alpha value is -1.80. The summed E-state index contributed by atoms with van der Waals surface area (Å²) in [5.74, 6) is 2.61. The van der Waals surface area contributed by atoms with Crippen LogP contribution >= 0.6 is 0 Å². The van der Waals surface area contributed by atoms with Crippen molar-refractivity contribution < 1.29 is 4.74 Å². The largest absolute Gasteiger partial charge is 0.377 e. The van der Waals surface area contributed by atoms with E-state index < -0.39 is 0 Å². The average molecular weight is 333 g/mol. The molecule has 0 unspecified atom stereocenters. The summed E-state index contributed by atoms with van der Waals surface area (Å²) in [4.78, 5) is 11.5. The van der Waals surface area contributed by atoms with E-state index in [2.05, 4.69) is 50.9 Å². The van der Waals surface area contributed by atoms with Crippen molar-refractivity contribution in [1.29, 1.82) is 0 Å². The number of aromatic nitrogens is 6. The maximum atomic E-state index is 5.12. The zero-order valence-corrected chi connectivity index (χ0v) is 15.0. The number of likely N-dealkylation sites (tertiary alicyclic amines) is 1. The summed E-state index contributed by atoms with van der Waals surface area (Å²) in [5.41, 5.74) is -0.0761. The molecule has 24 heavy (non-hydrogen) atoms. The minimum absolute atomic E-state index is 0.0761. The van der Waals surface area contributed by atoms with Crippen molar-refractivity contribution >= 4 is 0 Å². The number of hydrogen-bond acceptors (Lipinski definition) is 6. The lowest BCUT2D eigenvalue weighted by molar-refractivity contribution is 0.125. The lowest BCUT2D eigenvalue weighted by Crippen LogP contribution is -2.36. The number of rotatable bonds is 5. The van der Waals surface area contributed by atoms with Crippen molar-refractivity contribution in [3.05, 3.63) is 23.8 Å². The van der Waals surface area contributed by atoms with Gasteiger partial charge in [-0.25, -0.2) is 14.6 Å². The molecule has 0 spiro atoms. The zero-order valence-electron chi connectivity index (χ0n) is 15.0. The third-order valence-corrected chi connectivity index (χ3v) is 4.34. The summed E-state index contributed by atoms with van der Waals surface area (Å²) in [6.45, 7) is 8.67. The molecular formula is C16H27N7O. The Morgan fingerprint density at radius 1 is 1.33 bits per heavy atom. The van der Waals surface area contributed by atoms with Gasteiger partial charge in [-0.3, -0.25) is 10.00 Å². The van der Waals surface area contributed by atoms with E-state index >= 15 is 0 Å². The minimum Gasteiger partial charge on any atom is -0.377 e. The molecule has 132 valence electrons. The van der Waals surface area contributed by atoms with Crippen LogP contribution in [0.3, 0.4) is 0 Å². The summed E-state index contributed by atoms with van der Waals surface area (Å²) in [6, 6.07) is 0.214. The van der Waals surface area contributed by atoms with Crippen LogP contribution in [0.2, 0.25) is 0 Å². The maximum absolute atomic E-state index is 5.12. The monoisotopic (exact) mass is 333 g/mol. The molecule has 0 bridgehead atoms. The molecule has 1 N–H and O–H groups in total. The summed E-state index contributed by atoms with van der Waals surface area (Å²) >= 11 is 0. The first-order valence-corrected chi connectivity index (χ1v) is 8.52. The first kappa shape index (κ1) is 17.0. The number of aromatic amines is 1. The van der Waals surface area contributed by atoms with E-state index in [1.165, 1.54) is 12.8 Å². The lowest BCUT2D eigenvalue weighted by Gasteiger charge is -2.34. The van der Waals surface area contributed by atoms with Gasteiger partial charge in [-0.15, -0.1) is 0 Å². The highest BCUT2D eigenvalue weighted by molar-refractivity contribution is 5.00. The summed E-state index contributed by atoms with van der Waals surface area (Å²) < 4.78 is 7.13. The molecule has 0 saturated carbocycles. The molecule has 1 saturated heterocycles. The van der Waals surface area contributed by atoms with Crippen LogP contribution in [0.1, 0.15) is 63.5 Å². The van der Waals surface area contributed by atoms with E-state index in [0.29, 0.717) is 6.61 Å². The predicted octanol–water partition coefficient (Wildman–Crippen LogP) is 2.02. The zero-order chi connectivity index (χ0) is 17.2. The quantitative estimate of drug-likeness (QED) is 0.901. The first-order valence-electron chi connectivity index (χ1n) is 8.52. The van der Waals surface area contributed by atoms with Crippen LogP contribution in [0.5, 0.6) is 0 Å². The van der Waals surface area contributed by atoms with Gasteiger partial charge in [0.1, 0.15) is 18.8 Å². The van der Waals surface area contributed by atoms with E-state index in [4.69, 9.17) is 4.74 Å². The molecule has 2 aromatic heterocycles. The van der Waals surface area contributed by atoms with Crippen LogP contribution < -0.4 is 0 Å². The predicted molar refractivity (Wildman–Crippen MR) is 89.1 cm³/mol. The molecule has 0 radical (unpaired) electrons. The second kappa shape index (κ2) is 6.98. The van der Waals surface area contributed by atoms with Gasteiger partial charge in [-0.1, -0.05) is 6.42 Å². The van der Waals surface area contributed by atoms with E-state index in [1.807, 2.05) is 4.68 Å². The lowest BCUT2D eigenvalue weighted by atomic mass is 10.0. The highest BCUT2D eigenvalue weighted by Crippen LogP contribution is 2.30. The van der Waals surface area contributed by atoms with E-state index in [0.717, 1.165) is 37.0 Å². The summed E-state index contributed by atoms with van der Waals surface area (Å²) in [7, 11) is 1.66. The molecule has 8 heteroatoms. The van der Waals surface area contributed by atoms with Crippen LogP contribution in [0.15, 0.2) is 6.33 Å². The second-order valence-electron chi connectivity index (χ2n) is 7.31. The Labute approximate surface area is 142 Å². The van der Waals surface area contributed by atoms with Crippen molar-refractivity contribution in [2.45, 2.75) is 64.8 Å².